The molecule has 0 bridgehead atoms. The fraction of sp³-hybridized carbons (Fsp3) is 0.562. The summed E-state index contributed by atoms with van der Waals surface area (Å²) < 4.78 is 0. The normalized spacial score (nSPS) is 23.8. The molecule has 1 aliphatic heterocycles. The minimum atomic E-state index is 0.571. The van der Waals surface area contributed by atoms with Gasteiger partial charge in [-0.15, -0.1) is 0 Å². The van der Waals surface area contributed by atoms with Crippen molar-refractivity contribution >= 4 is 17.3 Å². The van der Waals surface area contributed by atoms with Crippen LogP contribution in [0.4, 0.5) is 5.69 Å². The highest BCUT2D eigenvalue weighted by atomic mass is 35.5. The molecule has 2 aliphatic rings. The van der Waals surface area contributed by atoms with Crippen molar-refractivity contribution in [2.45, 2.75) is 44.6 Å². The zero-order valence-corrected chi connectivity index (χ0v) is 11.9. The molecule has 100 valence electrons. The lowest BCUT2D eigenvalue weighted by atomic mass is 9.95. The van der Waals surface area contributed by atoms with E-state index in [1.54, 1.807) is 0 Å². The van der Waals surface area contributed by atoms with E-state index in [9.17, 15) is 0 Å². The number of nitriles is 1. The fourth-order valence-corrected chi connectivity index (χ4v) is 3.94. The molecule has 0 amide bonds. The standard InChI is InChI=1S/C16H19ClN2/c17-15-10-14(8-7-13(15)11-18)19-9-3-6-16(19)12-4-1-2-5-12/h7-8,10,12,16H,1-6,9H2. The highest BCUT2D eigenvalue weighted by Crippen LogP contribution is 2.38. The van der Waals surface area contributed by atoms with Crippen LogP contribution in [0.15, 0.2) is 18.2 Å². The van der Waals surface area contributed by atoms with Gasteiger partial charge in [0.25, 0.3) is 0 Å². The van der Waals surface area contributed by atoms with Gasteiger partial charge in [-0.25, -0.2) is 0 Å². The molecular weight excluding hydrogens is 256 g/mol. The van der Waals surface area contributed by atoms with Gasteiger partial charge in [0.05, 0.1) is 10.6 Å². The lowest BCUT2D eigenvalue weighted by Crippen LogP contribution is -2.34. The Morgan fingerprint density at radius 1 is 1.16 bits per heavy atom. The summed E-state index contributed by atoms with van der Waals surface area (Å²) in [4.78, 5) is 2.52. The summed E-state index contributed by atoms with van der Waals surface area (Å²) in [5.41, 5.74) is 1.76. The van der Waals surface area contributed by atoms with Crippen LogP contribution in [0.3, 0.4) is 0 Å². The van der Waals surface area contributed by atoms with Crippen LogP contribution in [0.25, 0.3) is 0 Å². The molecule has 0 N–H and O–H groups in total. The van der Waals surface area contributed by atoms with Gasteiger partial charge in [-0.1, -0.05) is 24.4 Å². The van der Waals surface area contributed by atoms with Crippen molar-refractivity contribution in [1.82, 2.24) is 0 Å². The van der Waals surface area contributed by atoms with Crippen LogP contribution in [-0.2, 0) is 0 Å². The maximum Gasteiger partial charge on any atom is 0.101 e. The molecule has 3 heteroatoms. The molecule has 2 fully saturated rings. The van der Waals surface area contributed by atoms with Crippen LogP contribution in [-0.4, -0.2) is 12.6 Å². The number of nitrogens with zero attached hydrogens (tertiary/aromatic N) is 2. The van der Waals surface area contributed by atoms with E-state index in [1.807, 2.05) is 12.1 Å². The van der Waals surface area contributed by atoms with Crippen molar-refractivity contribution in [3.8, 4) is 6.07 Å². The average molecular weight is 275 g/mol. The maximum atomic E-state index is 8.95. The van der Waals surface area contributed by atoms with Crippen LogP contribution >= 0.6 is 11.6 Å². The largest absolute Gasteiger partial charge is 0.368 e. The average Bonchev–Trinajstić information content (AvgIpc) is 3.09. The monoisotopic (exact) mass is 274 g/mol. The van der Waals surface area contributed by atoms with Gasteiger partial charge in [-0.2, -0.15) is 5.26 Å². The molecule has 0 aromatic heterocycles. The minimum Gasteiger partial charge on any atom is -0.368 e. The van der Waals surface area contributed by atoms with Gasteiger partial charge in [-0.3, -0.25) is 0 Å². The van der Waals surface area contributed by atoms with Crippen LogP contribution in [0.5, 0.6) is 0 Å². The number of hydrogen-bond acceptors (Lipinski definition) is 2. The second-order valence-electron chi connectivity index (χ2n) is 5.72. The van der Waals surface area contributed by atoms with Gasteiger partial charge >= 0.3 is 0 Å². The SMILES string of the molecule is N#Cc1ccc(N2CCCC2C2CCCC2)cc1Cl. The summed E-state index contributed by atoms with van der Waals surface area (Å²) in [5.74, 6) is 0.858. The quantitative estimate of drug-likeness (QED) is 0.801. The molecule has 1 aliphatic carbocycles. The van der Waals surface area contributed by atoms with E-state index in [-0.39, 0.29) is 0 Å². The van der Waals surface area contributed by atoms with Crippen molar-refractivity contribution in [3.63, 3.8) is 0 Å². The molecule has 3 rings (SSSR count). The predicted molar refractivity (Wildman–Crippen MR) is 78.5 cm³/mol. The molecule has 1 unspecified atom stereocenters. The van der Waals surface area contributed by atoms with E-state index in [2.05, 4.69) is 17.0 Å². The Hall–Kier alpha value is -1.20. The van der Waals surface area contributed by atoms with Gasteiger partial charge in [-0.05, 0) is 49.8 Å². The molecule has 0 spiro atoms. The van der Waals surface area contributed by atoms with E-state index in [0.29, 0.717) is 16.6 Å². The summed E-state index contributed by atoms with van der Waals surface area (Å²) in [6.07, 6.45) is 8.13. The predicted octanol–water partition coefficient (Wildman–Crippen LogP) is 4.37. The Morgan fingerprint density at radius 2 is 1.95 bits per heavy atom. The summed E-state index contributed by atoms with van der Waals surface area (Å²) in [6, 6.07) is 8.68. The molecular formula is C16H19ClN2. The Morgan fingerprint density at radius 3 is 2.63 bits per heavy atom. The highest BCUT2D eigenvalue weighted by Gasteiger charge is 2.33. The topological polar surface area (TPSA) is 27.0 Å². The smallest absolute Gasteiger partial charge is 0.101 e. The third-order valence-corrected chi connectivity index (χ3v) is 4.96. The highest BCUT2D eigenvalue weighted by molar-refractivity contribution is 6.32. The fourth-order valence-electron chi connectivity index (χ4n) is 3.72. The number of benzene rings is 1. The molecule has 1 atom stereocenters. The van der Waals surface area contributed by atoms with Crippen LogP contribution < -0.4 is 4.90 Å². The summed E-state index contributed by atoms with van der Waals surface area (Å²) >= 11 is 6.17. The third kappa shape index (κ3) is 2.44. The lowest BCUT2D eigenvalue weighted by Gasteiger charge is -2.31. The van der Waals surface area contributed by atoms with Crippen molar-refractivity contribution in [2.75, 3.05) is 11.4 Å². The molecule has 1 saturated heterocycles. The lowest BCUT2D eigenvalue weighted by molar-refractivity contribution is 0.431. The summed E-state index contributed by atoms with van der Waals surface area (Å²) in [6.45, 7) is 1.13. The Balaban J connectivity index is 1.84. The first kappa shape index (κ1) is 12.8. The molecule has 19 heavy (non-hydrogen) atoms. The number of anilines is 1. The number of halogens is 1. The van der Waals surface area contributed by atoms with E-state index in [1.165, 1.54) is 44.2 Å². The van der Waals surface area contributed by atoms with Gasteiger partial charge in [0, 0.05) is 18.3 Å². The molecule has 1 aromatic carbocycles. The number of rotatable bonds is 2. The second kappa shape index (κ2) is 5.43. The van der Waals surface area contributed by atoms with Gasteiger partial charge in [0.1, 0.15) is 6.07 Å². The molecule has 2 nitrogen and oxygen atoms in total. The summed E-state index contributed by atoms with van der Waals surface area (Å²) in [5, 5.41) is 9.53. The first-order chi connectivity index (χ1) is 9.29. The Bertz CT molecular complexity index is 500. The zero-order chi connectivity index (χ0) is 13.2. The minimum absolute atomic E-state index is 0.571. The Kier molecular flexibility index (Phi) is 3.66. The van der Waals surface area contributed by atoms with E-state index in [0.717, 1.165) is 12.5 Å². The van der Waals surface area contributed by atoms with Crippen LogP contribution in [0.2, 0.25) is 5.02 Å². The van der Waals surface area contributed by atoms with E-state index < -0.39 is 0 Å². The molecule has 1 saturated carbocycles. The van der Waals surface area contributed by atoms with Gasteiger partial charge in [0.2, 0.25) is 0 Å². The molecule has 1 heterocycles. The summed E-state index contributed by atoms with van der Waals surface area (Å²) in [7, 11) is 0. The Labute approximate surface area is 120 Å². The van der Waals surface area contributed by atoms with Gasteiger partial charge < -0.3 is 4.90 Å². The van der Waals surface area contributed by atoms with Crippen LogP contribution in [0, 0.1) is 17.2 Å². The van der Waals surface area contributed by atoms with E-state index >= 15 is 0 Å². The van der Waals surface area contributed by atoms with Crippen molar-refractivity contribution < 1.29 is 0 Å². The number of hydrogen-bond donors (Lipinski definition) is 0. The van der Waals surface area contributed by atoms with Crippen molar-refractivity contribution in [1.29, 1.82) is 5.26 Å². The molecule has 1 aromatic rings. The van der Waals surface area contributed by atoms with Crippen molar-refractivity contribution in [3.05, 3.63) is 28.8 Å². The third-order valence-electron chi connectivity index (χ3n) is 4.65. The first-order valence-corrected chi connectivity index (χ1v) is 7.63. The maximum absolute atomic E-state index is 8.95. The van der Waals surface area contributed by atoms with E-state index in [4.69, 9.17) is 16.9 Å². The molecule has 0 radical (unpaired) electrons. The first-order valence-electron chi connectivity index (χ1n) is 7.26. The van der Waals surface area contributed by atoms with Crippen LogP contribution in [0.1, 0.15) is 44.1 Å². The second-order valence-corrected chi connectivity index (χ2v) is 6.13. The van der Waals surface area contributed by atoms with Gasteiger partial charge in [0.15, 0.2) is 0 Å². The van der Waals surface area contributed by atoms with Crippen molar-refractivity contribution in [2.24, 2.45) is 5.92 Å². The zero-order valence-electron chi connectivity index (χ0n) is 11.1.